The van der Waals surface area contributed by atoms with Crippen molar-refractivity contribution in [3.05, 3.63) is 34.3 Å². The highest BCUT2D eigenvalue weighted by Gasteiger charge is 2.24. The van der Waals surface area contributed by atoms with Gasteiger partial charge >= 0.3 is 5.97 Å². The molecule has 0 aromatic heterocycles. The molecule has 1 rings (SSSR count). The first-order valence-electron chi connectivity index (χ1n) is 5.12. The van der Waals surface area contributed by atoms with E-state index in [0.29, 0.717) is 6.42 Å². The van der Waals surface area contributed by atoms with Crippen molar-refractivity contribution >= 4 is 27.8 Å². The highest BCUT2D eigenvalue weighted by atomic mass is 79.9. The summed E-state index contributed by atoms with van der Waals surface area (Å²) in [4.78, 5) is 23.6. The fraction of sp³-hybridized carbons (Fsp3) is 0.333. The van der Waals surface area contributed by atoms with E-state index in [0.717, 1.165) is 10.0 Å². The van der Waals surface area contributed by atoms with Crippen LogP contribution in [0.5, 0.6) is 0 Å². The van der Waals surface area contributed by atoms with Crippen molar-refractivity contribution in [1.82, 2.24) is 4.90 Å². The summed E-state index contributed by atoms with van der Waals surface area (Å²) in [6.07, 6.45) is 0.296. The van der Waals surface area contributed by atoms with Crippen LogP contribution in [0.4, 0.5) is 0 Å². The van der Waals surface area contributed by atoms with Crippen LogP contribution in [0.25, 0.3) is 0 Å². The molecule has 0 saturated carbocycles. The molecule has 4 nitrogen and oxygen atoms in total. The van der Waals surface area contributed by atoms with Gasteiger partial charge < -0.3 is 10.0 Å². The molecule has 0 fully saturated rings. The normalized spacial score (nSPS) is 11.9. The first-order chi connectivity index (χ1) is 7.91. The zero-order valence-electron chi connectivity index (χ0n) is 9.68. The largest absolute Gasteiger partial charge is 0.480 e. The van der Waals surface area contributed by atoms with Crippen LogP contribution in [-0.4, -0.2) is 35.0 Å². The summed E-state index contributed by atoms with van der Waals surface area (Å²) in [6.45, 7) is 1.36. The number of carboxylic acid groups (broad SMARTS) is 1. The molecule has 0 aliphatic carbocycles. The molecule has 0 heterocycles. The number of carboxylic acids is 1. The van der Waals surface area contributed by atoms with E-state index in [1.54, 1.807) is 0 Å². The molecular formula is C12H14BrNO3. The molecule has 0 saturated heterocycles. The first-order valence-corrected chi connectivity index (χ1v) is 5.91. The van der Waals surface area contributed by atoms with Crippen LogP contribution in [0.3, 0.4) is 0 Å². The van der Waals surface area contributed by atoms with E-state index in [1.165, 1.54) is 18.9 Å². The van der Waals surface area contributed by atoms with Gasteiger partial charge in [-0.25, -0.2) is 4.79 Å². The lowest BCUT2D eigenvalue weighted by Crippen LogP contribution is -2.42. The summed E-state index contributed by atoms with van der Waals surface area (Å²) in [5.41, 5.74) is 0.875. The number of hydrogen-bond acceptors (Lipinski definition) is 2. The third-order valence-electron chi connectivity index (χ3n) is 2.57. The number of carbonyl (C=O) groups is 2. The van der Waals surface area contributed by atoms with Crippen LogP contribution in [0, 0.1) is 0 Å². The average molecular weight is 300 g/mol. The average Bonchev–Trinajstić information content (AvgIpc) is 2.24. The minimum Gasteiger partial charge on any atom is -0.480 e. The van der Waals surface area contributed by atoms with Crippen LogP contribution in [0.1, 0.15) is 12.5 Å². The quantitative estimate of drug-likeness (QED) is 0.924. The Hall–Kier alpha value is -1.36. The van der Waals surface area contributed by atoms with Gasteiger partial charge in [-0.2, -0.15) is 0 Å². The molecule has 1 aromatic rings. The monoisotopic (exact) mass is 299 g/mol. The fourth-order valence-corrected chi connectivity index (χ4v) is 1.94. The molecule has 0 aliphatic rings. The standard InChI is InChI=1S/C12H14BrNO3/c1-8(15)14(2)11(12(16)17)7-9-4-3-5-10(13)6-9/h3-6,11H,7H2,1-2H3,(H,16,17)/t11-/m0/s1. The van der Waals surface area contributed by atoms with Gasteiger partial charge in [-0.15, -0.1) is 0 Å². The second-order valence-electron chi connectivity index (χ2n) is 3.82. The summed E-state index contributed by atoms with van der Waals surface area (Å²) in [7, 11) is 1.50. The summed E-state index contributed by atoms with van der Waals surface area (Å²) < 4.78 is 0.893. The number of carbonyl (C=O) groups excluding carboxylic acids is 1. The Labute approximate surface area is 108 Å². The number of hydrogen-bond donors (Lipinski definition) is 1. The number of aliphatic carboxylic acids is 1. The van der Waals surface area contributed by atoms with Crippen molar-refractivity contribution in [3.63, 3.8) is 0 Å². The van der Waals surface area contributed by atoms with Crippen LogP contribution in [-0.2, 0) is 16.0 Å². The van der Waals surface area contributed by atoms with Crippen molar-refractivity contribution in [2.75, 3.05) is 7.05 Å². The van der Waals surface area contributed by atoms with E-state index >= 15 is 0 Å². The maximum Gasteiger partial charge on any atom is 0.326 e. The molecule has 0 bridgehead atoms. The summed E-state index contributed by atoms with van der Waals surface area (Å²) in [5, 5.41) is 9.12. The van der Waals surface area contributed by atoms with Crippen LogP contribution < -0.4 is 0 Å². The van der Waals surface area contributed by atoms with E-state index < -0.39 is 12.0 Å². The van der Waals surface area contributed by atoms with Gasteiger partial charge in [-0.05, 0) is 17.7 Å². The Balaban J connectivity index is 2.88. The zero-order valence-corrected chi connectivity index (χ0v) is 11.3. The highest BCUT2D eigenvalue weighted by Crippen LogP contribution is 2.15. The minimum atomic E-state index is -0.998. The third-order valence-corrected chi connectivity index (χ3v) is 3.06. The maximum absolute atomic E-state index is 11.2. The Kier molecular flexibility index (Phi) is 4.69. The molecule has 1 atom stereocenters. The van der Waals surface area contributed by atoms with E-state index in [1.807, 2.05) is 24.3 Å². The minimum absolute atomic E-state index is 0.257. The fourth-order valence-electron chi connectivity index (χ4n) is 1.50. The summed E-state index contributed by atoms with van der Waals surface area (Å²) in [6, 6.07) is 6.57. The van der Waals surface area contributed by atoms with Crippen molar-refractivity contribution in [2.24, 2.45) is 0 Å². The van der Waals surface area contributed by atoms with Crippen molar-refractivity contribution in [1.29, 1.82) is 0 Å². The third kappa shape index (κ3) is 3.85. The lowest BCUT2D eigenvalue weighted by Gasteiger charge is -2.23. The van der Waals surface area contributed by atoms with E-state index in [-0.39, 0.29) is 5.91 Å². The van der Waals surface area contributed by atoms with Gasteiger partial charge in [0.15, 0.2) is 0 Å². The number of rotatable bonds is 4. The molecule has 0 aliphatic heterocycles. The Morgan fingerprint density at radius 3 is 2.59 bits per heavy atom. The molecule has 0 spiro atoms. The van der Waals surface area contributed by atoms with Gasteiger partial charge in [0.25, 0.3) is 0 Å². The Morgan fingerprint density at radius 2 is 2.12 bits per heavy atom. The summed E-state index contributed by atoms with van der Waals surface area (Å²) in [5.74, 6) is -1.25. The van der Waals surface area contributed by atoms with E-state index in [4.69, 9.17) is 5.11 Å². The second-order valence-corrected chi connectivity index (χ2v) is 4.73. The first kappa shape index (κ1) is 13.7. The van der Waals surface area contributed by atoms with Gasteiger partial charge in [0.05, 0.1) is 0 Å². The number of nitrogens with zero attached hydrogens (tertiary/aromatic N) is 1. The lowest BCUT2D eigenvalue weighted by molar-refractivity contribution is -0.148. The SMILES string of the molecule is CC(=O)N(C)[C@@H](Cc1cccc(Br)c1)C(=O)O. The number of likely N-dealkylation sites (N-methyl/N-ethyl adjacent to an activating group) is 1. The number of amides is 1. The Morgan fingerprint density at radius 1 is 1.47 bits per heavy atom. The molecule has 0 radical (unpaired) electrons. The van der Waals surface area contributed by atoms with Gasteiger partial charge in [-0.1, -0.05) is 28.1 Å². The molecule has 1 amide bonds. The molecule has 1 N–H and O–H groups in total. The van der Waals surface area contributed by atoms with Gasteiger partial charge in [0.1, 0.15) is 6.04 Å². The maximum atomic E-state index is 11.2. The topological polar surface area (TPSA) is 57.6 Å². The van der Waals surface area contributed by atoms with Crippen molar-refractivity contribution < 1.29 is 14.7 Å². The summed E-state index contributed by atoms with van der Waals surface area (Å²) >= 11 is 3.33. The van der Waals surface area contributed by atoms with Crippen LogP contribution in [0.2, 0.25) is 0 Å². The number of benzene rings is 1. The van der Waals surface area contributed by atoms with Gasteiger partial charge in [0, 0.05) is 24.9 Å². The van der Waals surface area contributed by atoms with Crippen molar-refractivity contribution in [3.8, 4) is 0 Å². The zero-order chi connectivity index (χ0) is 13.0. The van der Waals surface area contributed by atoms with Gasteiger partial charge in [-0.3, -0.25) is 4.79 Å². The smallest absolute Gasteiger partial charge is 0.326 e. The van der Waals surface area contributed by atoms with Crippen LogP contribution >= 0.6 is 15.9 Å². The molecule has 0 unspecified atom stereocenters. The van der Waals surface area contributed by atoms with E-state index in [2.05, 4.69) is 15.9 Å². The second kappa shape index (κ2) is 5.82. The predicted molar refractivity (Wildman–Crippen MR) is 67.7 cm³/mol. The molecule has 1 aromatic carbocycles. The molecule has 5 heteroatoms. The lowest BCUT2D eigenvalue weighted by atomic mass is 10.1. The van der Waals surface area contributed by atoms with Gasteiger partial charge in [0.2, 0.25) is 5.91 Å². The molecule has 92 valence electrons. The van der Waals surface area contributed by atoms with E-state index in [9.17, 15) is 9.59 Å². The highest BCUT2D eigenvalue weighted by molar-refractivity contribution is 9.10. The van der Waals surface area contributed by atoms with Crippen molar-refractivity contribution in [2.45, 2.75) is 19.4 Å². The number of halogens is 1. The Bertz CT molecular complexity index is 434. The molecule has 17 heavy (non-hydrogen) atoms. The molecular weight excluding hydrogens is 286 g/mol. The van der Waals surface area contributed by atoms with Crippen LogP contribution in [0.15, 0.2) is 28.7 Å². The predicted octanol–water partition coefficient (Wildman–Crippen LogP) is 1.92.